The smallest absolute Gasteiger partial charge is 0.257 e. The van der Waals surface area contributed by atoms with E-state index in [1.54, 1.807) is 6.20 Å². The number of aryl methyl sites for hydroxylation is 1. The summed E-state index contributed by atoms with van der Waals surface area (Å²) in [6, 6.07) is 12.2. The van der Waals surface area contributed by atoms with E-state index in [0.29, 0.717) is 11.8 Å². The molecule has 1 N–H and O–H groups in total. The third kappa shape index (κ3) is 3.05. The van der Waals surface area contributed by atoms with Crippen molar-refractivity contribution in [2.75, 3.05) is 5.32 Å². The summed E-state index contributed by atoms with van der Waals surface area (Å²) in [7, 11) is 0. The van der Waals surface area contributed by atoms with Gasteiger partial charge in [-0.1, -0.05) is 17.3 Å². The molecule has 3 heterocycles. The zero-order valence-electron chi connectivity index (χ0n) is 15.3. The van der Waals surface area contributed by atoms with Crippen molar-refractivity contribution >= 4 is 11.5 Å². The molecule has 1 aliphatic carbocycles. The van der Waals surface area contributed by atoms with Gasteiger partial charge in [-0.15, -0.1) is 0 Å². The van der Waals surface area contributed by atoms with Gasteiger partial charge in [-0.05, 0) is 44.4 Å². The summed E-state index contributed by atoms with van der Waals surface area (Å²) in [4.78, 5) is 8.99. The summed E-state index contributed by atoms with van der Waals surface area (Å²) in [6.07, 6.45) is 4.09. The topological polar surface area (TPSA) is 81.1 Å². The highest BCUT2D eigenvalue weighted by molar-refractivity contribution is 5.55. The van der Waals surface area contributed by atoms with E-state index in [0.717, 1.165) is 34.1 Å². The zero-order valence-corrected chi connectivity index (χ0v) is 15.3. The lowest BCUT2D eigenvalue weighted by molar-refractivity contribution is 0.422. The van der Waals surface area contributed by atoms with Crippen molar-refractivity contribution in [2.24, 2.45) is 0 Å². The van der Waals surface area contributed by atoms with E-state index in [2.05, 4.69) is 44.6 Å². The quantitative estimate of drug-likeness (QED) is 0.576. The number of aromatic nitrogens is 5. The molecule has 1 aliphatic rings. The minimum Gasteiger partial charge on any atom is -0.363 e. The molecule has 7 nitrogen and oxygen atoms in total. The Labute approximate surface area is 156 Å². The Kier molecular flexibility index (Phi) is 3.67. The molecule has 27 heavy (non-hydrogen) atoms. The second-order valence-corrected chi connectivity index (χ2v) is 7.10. The summed E-state index contributed by atoms with van der Waals surface area (Å²) in [5.41, 5.74) is 3.90. The van der Waals surface area contributed by atoms with Crippen molar-refractivity contribution in [2.45, 2.75) is 38.6 Å². The molecule has 0 aliphatic heterocycles. The molecule has 0 spiro atoms. The van der Waals surface area contributed by atoms with E-state index < -0.39 is 0 Å². The monoisotopic (exact) mass is 360 g/mol. The van der Waals surface area contributed by atoms with Gasteiger partial charge in [-0.2, -0.15) is 14.6 Å². The third-order valence-corrected chi connectivity index (χ3v) is 4.89. The maximum absolute atomic E-state index is 5.41. The van der Waals surface area contributed by atoms with Crippen LogP contribution >= 0.6 is 0 Å². The van der Waals surface area contributed by atoms with E-state index in [9.17, 15) is 0 Å². The molecule has 136 valence electrons. The molecule has 5 rings (SSSR count). The summed E-state index contributed by atoms with van der Waals surface area (Å²) >= 11 is 0. The van der Waals surface area contributed by atoms with Crippen LogP contribution in [0.25, 0.3) is 17.1 Å². The molecular weight excluding hydrogens is 340 g/mol. The number of hydrogen-bond donors (Lipinski definition) is 1. The Balaban J connectivity index is 1.36. The molecule has 7 heteroatoms. The van der Waals surface area contributed by atoms with E-state index in [-0.39, 0.29) is 6.04 Å². The molecular formula is C20H20N6O. The van der Waals surface area contributed by atoms with Crippen molar-refractivity contribution in [3.05, 3.63) is 59.7 Å². The van der Waals surface area contributed by atoms with Crippen LogP contribution in [0, 0.1) is 6.92 Å². The van der Waals surface area contributed by atoms with Crippen molar-refractivity contribution in [1.29, 1.82) is 0 Å². The lowest BCUT2D eigenvalue weighted by atomic mass is 10.1. The highest BCUT2D eigenvalue weighted by atomic mass is 16.5. The SMILES string of the molecule is Cc1cc(NC(C)c2ccc(-c3nc(C4CC4)no3)cc2)n2nccc2n1. The number of nitrogens with one attached hydrogen (secondary N) is 1. The van der Waals surface area contributed by atoms with Gasteiger partial charge in [0.05, 0.1) is 6.20 Å². The van der Waals surface area contributed by atoms with Gasteiger partial charge in [0.25, 0.3) is 5.89 Å². The Morgan fingerprint density at radius 2 is 1.96 bits per heavy atom. The van der Waals surface area contributed by atoms with E-state index in [1.165, 1.54) is 12.8 Å². The lowest BCUT2D eigenvalue weighted by Gasteiger charge is -2.17. The van der Waals surface area contributed by atoms with E-state index >= 15 is 0 Å². The first-order chi connectivity index (χ1) is 13.2. The maximum Gasteiger partial charge on any atom is 0.257 e. The van der Waals surface area contributed by atoms with Crippen LogP contribution in [0.1, 0.15) is 48.8 Å². The zero-order chi connectivity index (χ0) is 18.4. The van der Waals surface area contributed by atoms with Gasteiger partial charge < -0.3 is 9.84 Å². The Bertz CT molecular complexity index is 1090. The van der Waals surface area contributed by atoms with Crippen LogP contribution in [-0.4, -0.2) is 24.7 Å². The molecule has 1 saturated carbocycles. The Morgan fingerprint density at radius 1 is 1.15 bits per heavy atom. The third-order valence-electron chi connectivity index (χ3n) is 4.89. The van der Waals surface area contributed by atoms with E-state index in [4.69, 9.17) is 4.52 Å². The van der Waals surface area contributed by atoms with Crippen LogP contribution in [0.15, 0.2) is 47.1 Å². The molecule has 4 aromatic rings. The molecule has 0 saturated heterocycles. The van der Waals surface area contributed by atoms with Gasteiger partial charge in [-0.3, -0.25) is 0 Å². The van der Waals surface area contributed by atoms with Crippen molar-refractivity contribution in [1.82, 2.24) is 24.7 Å². The average molecular weight is 360 g/mol. The summed E-state index contributed by atoms with van der Waals surface area (Å²) < 4.78 is 7.22. The largest absolute Gasteiger partial charge is 0.363 e. The van der Waals surface area contributed by atoms with Gasteiger partial charge in [-0.25, -0.2) is 4.98 Å². The second kappa shape index (κ2) is 6.19. The first-order valence-corrected chi connectivity index (χ1v) is 9.19. The Morgan fingerprint density at radius 3 is 2.74 bits per heavy atom. The first-order valence-electron chi connectivity index (χ1n) is 9.19. The predicted molar refractivity (Wildman–Crippen MR) is 101 cm³/mol. The number of rotatable bonds is 5. The second-order valence-electron chi connectivity index (χ2n) is 7.10. The van der Waals surface area contributed by atoms with Crippen LogP contribution in [0.5, 0.6) is 0 Å². The number of benzene rings is 1. The number of anilines is 1. The number of hydrogen-bond acceptors (Lipinski definition) is 6. The number of fused-ring (bicyclic) bond motifs is 1. The fourth-order valence-corrected chi connectivity index (χ4v) is 3.22. The maximum atomic E-state index is 5.41. The number of nitrogens with zero attached hydrogens (tertiary/aromatic N) is 5. The molecule has 0 radical (unpaired) electrons. The van der Waals surface area contributed by atoms with Crippen LogP contribution in [0.2, 0.25) is 0 Å². The molecule has 1 atom stereocenters. The highest BCUT2D eigenvalue weighted by Gasteiger charge is 2.29. The fourth-order valence-electron chi connectivity index (χ4n) is 3.22. The summed E-state index contributed by atoms with van der Waals surface area (Å²) in [5.74, 6) is 2.84. The minimum absolute atomic E-state index is 0.109. The van der Waals surface area contributed by atoms with Gasteiger partial charge >= 0.3 is 0 Å². The predicted octanol–water partition coefficient (Wildman–Crippen LogP) is 4.14. The first kappa shape index (κ1) is 16.0. The van der Waals surface area contributed by atoms with Crippen molar-refractivity contribution in [3.63, 3.8) is 0 Å². The van der Waals surface area contributed by atoms with Gasteiger partial charge in [0.1, 0.15) is 5.82 Å². The summed E-state index contributed by atoms with van der Waals surface area (Å²) in [5, 5.41) is 12.0. The molecule has 3 aromatic heterocycles. The average Bonchev–Trinajstić information content (AvgIpc) is 3.21. The van der Waals surface area contributed by atoms with Crippen LogP contribution < -0.4 is 5.32 Å². The Hall–Kier alpha value is -3.22. The fraction of sp³-hybridized carbons (Fsp3) is 0.300. The lowest BCUT2D eigenvalue weighted by Crippen LogP contribution is -2.11. The van der Waals surface area contributed by atoms with Crippen LogP contribution in [-0.2, 0) is 0 Å². The minimum atomic E-state index is 0.109. The molecule has 1 aromatic carbocycles. The van der Waals surface area contributed by atoms with Gasteiger partial charge in [0.15, 0.2) is 11.5 Å². The normalized spacial score (nSPS) is 15.2. The summed E-state index contributed by atoms with van der Waals surface area (Å²) in [6.45, 7) is 4.11. The van der Waals surface area contributed by atoms with Gasteiger partial charge in [0, 0.05) is 35.3 Å². The molecule has 1 unspecified atom stereocenters. The van der Waals surface area contributed by atoms with Gasteiger partial charge in [0.2, 0.25) is 0 Å². The van der Waals surface area contributed by atoms with Crippen LogP contribution in [0.3, 0.4) is 0 Å². The molecule has 1 fully saturated rings. The van der Waals surface area contributed by atoms with Crippen molar-refractivity contribution in [3.8, 4) is 11.5 Å². The molecule has 0 amide bonds. The van der Waals surface area contributed by atoms with Crippen molar-refractivity contribution < 1.29 is 4.52 Å². The molecule has 0 bridgehead atoms. The standard InChI is InChI=1S/C20H20N6O/c1-12-11-18(26-17(22-12)9-10-21-26)23-13(2)14-3-7-16(8-4-14)20-24-19(25-27-20)15-5-6-15/h3-4,7-11,13,15,23H,5-6H2,1-2H3. The van der Waals surface area contributed by atoms with E-state index in [1.807, 2.05) is 35.7 Å². The van der Waals surface area contributed by atoms with Crippen LogP contribution in [0.4, 0.5) is 5.82 Å². The highest BCUT2D eigenvalue weighted by Crippen LogP contribution is 2.38.